The summed E-state index contributed by atoms with van der Waals surface area (Å²) in [6, 6.07) is 6.23. The van der Waals surface area contributed by atoms with Gasteiger partial charge >= 0.3 is 6.36 Å². The third-order valence-corrected chi connectivity index (χ3v) is 2.99. The molecule has 0 spiro atoms. The zero-order valence-electron chi connectivity index (χ0n) is 11.4. The van der Waals surface area contributed by atoms with E-state index in [0.29, 0.717) is 0 Å². The summed E-state index contributed by atoms with van der Waals surface area (Å²) in [7, 11) is 0. The molecule has 0 aromatic heterocycles. The molecule has 0 amide bonds. The predicted molar refractivity (Wildman–Crippen MR) is 72.2 cm³/mol. The summed E-state index contributed by atoms with van der Waals surface area (Å²) < 4.78 is 53.3. The van der Waals surface area contributed by atoms with E-state index in [-0.39, 0.29) is 16.8 Å². The van der Waals surface area contributed by atoms with E-state index in [4.69, 9.17) is 5.73 Å². The van der Waals surface area contributed by atoms with Crippen LogP contribution >= 0.6 is 0 Å². The Hall–Kier alpha value is -2.68. The molecular weight excluding hydrogens is 320 g/mol. The molecule has 0 saturated carbocycles. The second-order valence-electron chi connectivity index (χ2n) is 4.55. The summed E-state index contributed by atoms with van der Waals surface area (Å²) in [6.45, 7) is 0. The fraction of sp³-hybridized carbons (Fsp3) is 0.143. The van der Waals surface area contributed by atoms with E-state index in [2.05, 4.69) is 4.74 Å². The number of nitrogens with two attached hydrogens (primary N) is 1. The van der Waals surface area contributed by atoms with Crippen LogP contribution in [-0.4, -0.2) is 11.3 Å². The average Bonchev–Trinajstić information content (AvgIpc) is 2.45. The van der Waals surface area contributed by atoms with Gasteiger partial charge in [0, 0.05) is 6.07 Å². The molecule has 0 aliphatic rings. The number of benzene rings is 2. The van der Waals surface area contributed by atoms with Crippen molar-refractivity contribution in [2.75, 3.05) is 0 Å². The number of hydrogen-bond acceptors (Lipinski definition) is 4. The van der Waals surface area contributed by atoms with Crippen LogP contribution in [0.25, 0.3) is 0 Å². The minimum absolute atomic E-state index is 0.0838. The van der Waals surface area contributed by atoms with Gasteiger partial charge in [-0.2, -0.15) is 0 Å². The van der Waals surface area contributed by atoms with Gasteiger partial charge in [-0.15, -0.1) is 13.2 Å². The second kappa shape index (κ2) is 6.21. The molecule has 0 saturated heterocycles. The molecule has 23 heavy (non-hydrogen) atoms. The van der Waals surface area contributed by atoms with E-state index in [9.17, 15) is 27.7 Å². The van der Waals surface area contributed by atoms with Crippen LogP contribution in [0.3, 0.4) is 0 Å². The van der Waals surface area contributed by atoms with Gasteiger partial charge in [0.1, 0.15) is 11.6 Å². The quantitative estimate of drug-likeness (QED) is 0.527. The van der Waals surface area contributed by atoms with Crippen molar-refractivity contribution >= 4 is 5.69 Å². The summed E-state index contributed by atoms with van der Waals surface area (Å²) in [6.07, 6.45) is -4.83. The predicted octanol–water partition coefficient (Wildman–Crippen LogP) is 3.68. The van der Waals surface area contributed by atoms with Crippen LogP contribution in [0.4, 0.5) is 23.2 Å². The zero-order valence-corrected chi connectivity index (χ0v) is 11.4. The monoisotopic (exact) mass is 330 g/mol. The van der Waals surface area contributed by atoms with Gasteiger partial charge in [0.2, 0.25) is 0 Å². The summed E-state index contributed by atoms with van der Waals surface area (Å²) in [4.78, 5) is 10.2. The van der Waals surface area contributed by atoms with Crippen LogP contribution in [0, 0.1) is 15.9 Å². The highest BCUT2D eigenvalue weighted by Gasteiger charge is 2.31. The van der Waals surface area contributed by atoms with Crippen molar-refractivity contribution in [3.63, 3.8) is 0 Å². The lowest BCUT2D eigenvalue weighted by atomic mass is 9.98. The van der Waals surface area contributed by atoms with Gasteiger partial charge in [0.05, 0.1) is 16.5 Å². The summed E-state index contributed by atoms with van der Waals surface area (Å²) in [5.41, 5.74) is 5.67. The summed E-state index contributed by atoms with van der Waals surface area (Å²) in [5, 5.41) is 11.0. The third kappa shape index (κ3) is 4.16. The molecule has 0 radical (unpaired) electrons. The van der Waals surface area contributed by atoms with Gasteiger partial charge in [-0.25, -0.2) is 4.39 Å². The molecule has 2 aromatic rings. The average molecular weight is 330 g/mol. The molecule has 122 valence electrons. The number of nitro groups is 1. The molecule has 0 heterocycles. The van der Waals surface area contributed by atoms with Crippen molar-refractivity contribution in [2.24, 2.45) is 5.73 Å². The molecule has 0 fully saturated rings. The topological polar surface area (TPSA) is 78.4 Å². The SMILES string of the molecule is N[C@H](c1ccc(OC(F)(F)F)cc1)c1cc(F)ccc1[N+](=O)[O-]. The van der Waals surface area contributed by atoms with Gasteiger partial charge in [-0.05, 0) is 29.8 Å². The van der Waals surface area contributed by atoms with Crippen molar-refractivity contribution in [3.8, 4) is 5.75 Å². The van der Waals surface area contributed by atoms with Gasteiger partial charge in [0.15, 0.2) is 0 Å². The summed E-state index contributed by atoms with van der Waals surface area (Å²) in [5.74, 6) is -1.17. The van der Waals surface area contributed by atoms with Gasteiger partial charge < -0.3 is 10.5 Å². The van der Waals surface area contributed by atoms with E-state index >= 15 is 0 Å². The van der Waals surface area contributed by atoms with Crippen molar-refractivity contribution < 1.29 is 27.2 Å². The van der Waals surface area contributed by atoms with Gasteiger partial charge in [-0.3, -0.25) is 10.1 Å². The van der Waals surface area contributed by atoms with Crippen LogP contribution in [0.15, 0.2) is 42.5 Å². The van der Waals surface area contributed by atoms with E-state index in [1.165, 1.54) is 12.1 Å². The van der Waals surface area contributed by atoms with Crippen LogP contribution < -0.4 is 10.5 Å². The second-order valence-corrected chi connectivity index (χ2v) is 4.55. The fourth-order valence-corrected chi connectivity index (χ4v) is 2.00. The number of nitro benzene ring substituents is 1. The number of halogens is 4. The van der Waals surface area contributed by atoms with Crippen LogP contribution in [0.2, 0.25) is 0 Å². The number of nitrogens with zero attached hydrogens (tertiary/aromatic N) is 1. The Morgan fingerprint density at radius 2 is 1.74 bits per heavy atom. The molecule has 5 nitrogen and oxygen atoms in total. The maximum Gasteiger partial charge on any atom is 0.573 e. The van der Waals surface area contributed by atoms with E-state index < -0.39 is 28.9 Å². The van der Waals surface area contributed by atoms with Crippen molar-refractivity contribution in [2.45, 2.75) is 12.4 Å². The molecule has 0 aliphatic heterocycles. The van der Waals surface area contributed by atoms with Crippen LogP contribution in [-0.2, 0) is 0 Å². The molecular formula is C14H10F4N2O3. The minimum atomic E-state index is -4.83. The number of ether oxygens (including phenoxy) is 1. The lowest BCUT2D eigenvalue weighted by Gasteiger charge is -2.14. The maximum atomic E-state index is 13.3. The molecule has 0 unspecified atom stereocenters. The smallest absolute Gasteiger partial charge is 0.406 e. The van der Waals surface area contributed by atoms with Crippen molar-refractivity contribution in [1.29, 1.82) is 0 Å². The standard InChI is InChI=1S/C14H10F4N2O3/c15-9-3-6-12(20(21)22)11(7-9)13(19)8-1-4-10(5-2-8)23-14(16,17)18/h1-7,13H,19H2/t13-/m1/s1. The summed E-state index contributed by atoms with van der Waals surface area (Å²) >= 11 is 0. The van der Waals surface area contributed by atoms with E-state index in [1.54, 1.807) is 0 Å². The van der Waals surface area contributed by atoms with Crippen molar-refractivity contribution in [3.05, 3.63) is 69.5 Å². The Labute approximate surface area is 127 Å². The Bertz CT molecular complexity index is 717. The first kappa shape index (κ1) is 16.7. The Balaban J connectivity index is 2.32. The first-order valence-corrected chi connectivity index (χ1v) is 6.22. The molecule has 2 N–H and O–H groups in total. The molecule has 2 rings (SSSR count). The lowest BCUT2D eigenvalue weighted by Crippen LogP contribution is -2.17. The maximum absolute atomic E-state index is 13.3. The third-order valence-electron chi connectivity index (χ3n) is 2.99. The highest BCUT2D eigenvalue weighted by atomic mass is 19.4. The lowest BCUT2D eigenvalue weighted by molar-refractivity contribution is -0.385. The van der Waals surface area contributed by atoms with Crippen LogP contribution in [0.5, 0.6) is 5.75 Å². The first-order valence-electron chi connectivity index (χ1n) is 6.22. The zero-order chi connectivity index (χ0) is 17.2. The Morgan fingerprint density at radius 1 is 1.13 bits per heavy atom. The molecule has 1 atom stereocenters. The molecule has 9 heteroatoms. The van der Waals surface area contributed by atoms with Crippen molar-refractivity contribution in [1.82, 2.24) is 0 Å². The molecule has 2 aromatic carbocycles. The number of alkyl halides is 3. The van der Waals surface area contributed by atoms with E-state index in [0.717, 1.165) is 30.3 Å². The highest BCUT2D eigenvalue weighted by molar-refractivity contribution is 5.47. The van der Waals surface area contributed by atoms with Gasteiger partial charge in [-0.1, -0.05) is 12.1 Å². The fourth-order valence-electron chi connectivity index (χ4n) is 2.00. The number of rotatable bonds is 4. The largest absolute Gasteiger partial charge is 0.573 e. The first-order chi connectivity index (χ1) is 10.7. The highest BCUT2D eigenvalue weighted by Crippen LogP contribution is 2.30. The van der Waals surface area contributed by atoms with E-state index in [1.807, 2.05) is 0 Å². The normalized spacial score (nSPS) is 12.7. The molecule has 0 bridgehead atoms. The van der Waals surface area contributed by atoms with Crippen LogP contribution in [0.1, 0.15) is 17.2 Å². The number of hydrogen-bond donors (Lipinski definition) is 1. The Morgan fingerprint density at radius 3 is 2.26 bits per heavy atom. The van der Waals surface area contributed by atoms with Gasteiger partial charge in [0.25, 0.3) is 5.69 Å². The molecule has 0 aliphatic carbocycles. The minimum Gasteiger partial charge on any atom is -0.406 e. The Kier molecular flexibility index (Phi) is 4.50.